The molecule has 0 radical (unpaired) electrons. The van der Waals surface area contributed by atoms with Crippen molar-refractivity contribution < 1.29 is 14.6 Å². The quantitative estimate of drug-likeness (QED) is 0.762. The van der Waals surface area contributed by atoms with Crippen LogP contribution in [0.25, 0.3) is 4.96 Å². The van der Waals surface area contributed by atoms with Gasteiger partial charge in [0.25, 0.3) is 5.19 Å². The van der Waals surface area contributed by atoms with Gasteiger partial charge in [-0.1, -0.05) is 0 Å². The number of hydrogen-bond donors (Lipinski definition) is 1. The minimum Gasteiger partial charge on any atom is -0.476 e. The Morgan fingerprint density at radius 2 is 2.54 bits per heavy atom. The van der Waals surface area contributed by atoms with Crippen molar-refractivity contribution in [1.82, 2.24) is 14.6 Å². The van der Waals surface area contributed by atoms with Crippen molar-refractivity contribution in [2.24, 2.45) is 0 Å². The highest BCUT2D eigenvalue weighted by Gasteiger charge is 2.14. The summed E-state index contributed by atoms with van der Waals surface area (Å²) < 4.78 is 6.09. The third-order valence-corrected chi connectivity index (χ3v) is 2.34. The summed E-state index contributed by atoms with van der Waals surface area (Å²) in [6, 6.07) is 0. The average Bonchev–Trinajstić information content (AvgIpc) is 2.59. The lowest BCUT2D eigenvalue weighted by molar-refractivity contribution is 0.0688. The van der Waals surface area contributed by atoms with Gasteiger partial charge in [0.15, 0.2) is 5.69 Å². The largest absolute Gasteiger partial charge is 0.476 e. The van der Waals surface area contributed by atoms with Crippen molar-refractivity contribution in [3.63, 3.8) is 0 Å². The fraction of sp³-hybridized carbons (Fsp3) is 0.167. The lowest BCUT2D eigenvalue weighted by atomic mass is 10.5. The first-order valence-corrected chi connectivity index (χ1v) is 4.16. The van der Waals surface area contributed by atoms with E-state index in [0.717, 1.165) is 0 Å². The van der Waals surface area contributed by atoms with Crippen molar-refractivity contribution in [3.05, 3.63) is 11.9 Å². The normalized spacial score (nSPS) is 10.5. The van der Waals surface area contributed by atoms with E-state index in [0.29, 0.717) is 10.2 Å². The van der Waals surface area contributed by atoms with E-state index < -0.39 is 5.97 Å². The van der Waals surface area contributed by atoms with E-state index in [1.165, 1.54) is 29.2 Å². The highest BCUT2D eigenvalue weighted by Crippen LogP contribution is 2.21. The van der Waals surface area contributed by atoms with Crippen molar-refractivity contribution in [3.8, 4) is 5.19 Å². The van der Waals surface area contributed by atoms with Gasteiger partial charge in [-0.3, -0.25) is 0 Å². The maximum absolute atomic E-state index is 10.6. The van der Waals surface area contributed by atoms with Crippen LogP contribution < -0.4 is 4.74 Å². The number of carboxylic acid groups (broad SMARTS) is 1. The summed E-state index contributed by atoms with van der Waals surface area (Å²) in [6.07, 6.45) is 1.26. The molecule has 0 spiro atoms. The number of nitrogens with zero attached hydrogens (tertiary/aromatic N) is 3. The van der Waals surface area contributed by atoms with Crippen LogP contribution in [0.2, 0.25) is 0 Å². The summed E-state index contributed by atoms with van der Waals surface area (Å²) in [6.45, 7) is 0. The molecule has 0 saturated heterocycles. The molecule has 0 bridgehead atoms. The van der Waals surface area contributed by atoms with Crippen LogP contribution in [0.3, 0.4) is 0 Å². The number of imidazole rings is 1. The zero-order chi connectivity index (χ0) is 9.42. The summed E-state index contributed by atoms with van der Waals surface area (Å²) >= 11 is 1.19. The monoisotopic (exact) mass is 199 g/mol. The van der Waals surface area contributed by atoms with E-state index in [1.54, 1.807) is 0 Å². The fourth-order valence-corrected chi connectivity index (χ4v) is 1.60. The molecule has 7 heteroatoms. The lowest BCUT2D eigenvalue weighted by Gasteiger charge is -1.88. The van der Waals surface area contributed by atoms with Crippen LogP contribution in [0.4, 0.5) is 0 Å². The molecule has 0 fully saturated rings. The number of ether oxygens (including phenoxy) is 1. The fourth-order valence-electron chi connectivity index (χ4n) is 0.903. The molecule has 2 rings (SSSR count). The molecule has 0 aliphatic rings. The molecule has 68 valence electrons. The Kier molecular flexibility index (Phi) is 1.66. The molecule has 1 N–H and O–H groups in total. The number of hydrogen-bond acceptors (Lipinski definition) is 5. The van der Waals surface area contributed by atoms with E-state index in [9.17, 15) is 4.79 Å². The summed E-state index contributed by atoms with van der Waals surface area (Å²) in [5.41, 5.74) is 0.0366. The molecule has 2 heterocycles. The summed E-state index contributed by atoms with van der Waals surface area (Å²) in [7, 11) is 1.47. The molecular formula is C6H5N3O3S. The van der Waals surface area contributed by atoms with Crippen LogP contribution >= 0.6 is 11.3 Å². The van der Waals surface area contributed by atoms with E-state index >= 15 is 0 Å². The Morgan fingerprint density at radius 3 is 3.15 bits per heavy atom. The maximum atomic E-state index is 10.6. The van der Waals surface area contributed by atoms with Crippen LogP contribution in [-0.4, -0.2) is 32.8 Å². The topological polar surface area (TPSA) is 76.7 Å². The van der Waals surface area contributed by atoms with Gasteiger partial charge in [-0.15, -0.1) is 5.10 Å². The molecule has 2 aromatic rings. The zero-order valence-electron chi connectivity index (χ0n) is 6.59. The number of carboxylic acids is 1. The number of rotatable bonds is 2. The summed E-state index contributed by atoms with van der Waals surface area (Å²) in [4.78, 5) is 15.0. The molecule has 13 heavy (non-hydrogen) atoms. The van der Waals surface area contributed by atoms with Crippen LogP contribution in [0.15, 0.2) is 6.20 Å². The highest BCUT2D eigenvalue weighted by molar-refractivity contribution is 7.18. The van der Waals surface area contributed by atoms with Crippen LogP contribution in [0.1, 0.15) is 10.5 Å². The summed E-state index contributed by atoms with van der Waals surface area (Å²) in [5.74, 6) is -1.06. The number of aromatic carboxylic acids is 1. The minimum atomic E-state index is -1.06. The van der Waals surface area contributed by atoms with Crippen molar-refractivity contribution in [1.29, 1.82) is 0 Å². The third-order valence-electron chi connectivity index (χ3n) is 1.46. The van der Waals surface area contributed by atoms with Crippen LogP contribution in [0, 0.1) is 0 Å². The van der Waals surface area contributed by atoms with Gasteiger partial charge in [-0.25, -0.2) is 9.78 Å². The van der Waals surface area contributed by atoms with Crippen molar-refractivity contribution in [2.45, 2.75) is 0 Å². The first kappa shape index (κ1) is 7.99. The van der Waals surface area contributed by atoms with E-state index in [2.05, 4.69) is 10.1 Å². The predicted molar refractivity (Wildman–Crippen MR) is 44.4 cm³/mol. The molecule has 0 saturated carbocycles. The number of methoxy groups -OCH3 is 1. The van der Waals surface area contributed by atoms with E-state index in [-0.39, 0.29) is 5.69 Å². The first-order valence-electron chi connectivity index (χ1n) is 3.34. The van der Waals surface area contributed by atoms with Gasteiger partial charge in [-0.2, -0.15) is 4.52 Å². The molecule has 0 aliphatic carbocycles. The van der Waals surface area contributed by atoms with Gasteiger partial charge in [0, 0.05) is 0 Å². The Hall–Kier alpha value is -1.63. The van der Waals surface area contributed by atoms with Gasteiger partial charge in [0.05, 0.1) is 13.3 Å². The van der Waals surface area contributed by atoms with E-state index in [4.69, 9.17) is 9.84 Å². The Morgan fingerprint density at radius 1 is 1.77 bits per heavy atom. The predicted octanol–water partition coefficient (Wildman–Crippen LogP) is 0.498. The number of carbonyl (C=O) groups is 1. The Balaban J connectivity index is 2.65. The molecule has 0 amide bonds. The molecule has 2 aromatic heterocycles. The van der Waals surface area contributed by atoms with Gasteiger partial charge in [0.2, 0.25) is 4.96 Å². The van der Waals surface area contributed by atoms with Gasteiger partial charge < -0.3 is 9.84 Å². The third kappa shape index (κ3) is 1.13. The maximum Gasteiger partial charge on any atom is 0.356 e. The van der Waals surface area contributed by atoms with E-state index in [1.807, 2.05) is 0 Å². The molecule has 0 aliphatic heterocycles. The van der Waals surface area contributed by atoms with Crippen LogP contribution in [0.5, 0.6) is 5.19 Å². The second-order valence-electron chi connectivity index (χ2n) is 2.22. The van der Waals surface area contributed by atoms with Crippen molar-refractivity contribution in [2.75, 3.05) is 7.11 Å². The standard InChI is InChI=1S/C6H5N3O3S/c1-12-6-8-9-3(4(10)11)2-7-5(9)13-6/h2H,1H3,(H,10,11). The average molecular weight is 199 g/mol. The molecule has 0 atom stereocenters. The molecule has 0 unspecified atom stereocenters. The van der Waals surface area contributed by atoms with Crippen LogP contribution in [-0.2, 0) is 0 Å². The molecule has 0 aromatic carbocycles. The molecular weight excluding hydrogens is 194 g/mol. The summed E-state index contributed by atoms with van der Waals surface area (Å²) in [5, 5.41) is 13.0. The Bertz CT molecular complexity index is 461. The first-order chi connectivity index (χ1) is 6.22. The molecule has 6 nitrogen and oxygen atoms in total. The SMILES string of the molecule is COc1nn2c(C(=O)O)cnc2s1. The smallest absolute Gasteiger partial charge is 0.356 e. The zero-order valence-corrected chi connectivity index (χ0v) is 7.41. The van der Waals surface area contributed by atoms with Gasteiger partial charge in [-0.05, 0) is 11.3 Å². The van der Waals surface area contributed by atoms with Gasteiger partial charge in [0.1, 0.15) is 0 Å². The Labute approximate surface area is 76.4 Å². The minimum absolute atomic E-state index is 0.0366. The van der Waals surface area contributed by atoms with Crippen molar-refractivity contribution >= 4 is 22.3 Å². The lowest BCUT2D eigenvalue weighted by Crippen LogP contribution is -2.01. The second kappa shape index (κ2) is 2.70. The van der Waals surface area contributed by atoms with Gasteiger partial charge >= 0.3 is 5.97 Å². The highest BCUT2D eigenvalue weighted by atomic mass is 32.1. The number of fused-ring (bicyclic) bond motifs is 1. The number of aromatic nitrogens is 3. The second-order valence-corrected chi connectivity index (χ2v) is 3.13.